The Balaban J connectivity index is 2.67. The Morgan fingerprint density at radius 3 is 2.71 bits per heavy atom. The van der Waals surface area contributed by atoms with Gasteiger partial charge < -0.3 is 8.97 Å². The number of halogens is 1. The molecule has 2 aromatic rings. The largest absolute Gasteiger partial charge is 0.611 e. The molecule has 1 heterocycles. The van der Waals surface area contributed by atoms with Gasteiger partial charge in [0, 0.05) is 4.47 Å². The first-order chi connectivity index (χ1) is 10.1. The number of hydrogen-bond donors (Lipinski definition) is 0. The van der Waals surface area contributed by atoms with Gasteiger partial charge in [-0.2, -0.15) is 0 Å². The molecule has 0 N–H and O–H groups in total. The highest BCUT2D eigenvalue weighted by Gasteiger charge is 2.24. The molecule has 3 nitrogen and oxygen atoms in total. The SMILES string of the molecule is CCCC[S+]([O-])c1c(CCC)c(=O)oc2ccc(Br)cc12. The average molecular weight is 371 g/mol. The van der Waals surface area contributed by atoms with Crippen LogP contribution in [0.4, 0.5) is 0 Å². The van der Waals surface area contributed by atoms with Crippen LogP contribution in [0.15, 0.2) is 36.8 Å². The smallest absolute Gasteiger partial charge is 0.344 e. The Morgan fingerprint density at radius 1 is 1.29 bits per heavy atom. The fraction of sp³-hybridized carbons (Fsp3) is 0.438. The summed E-state index contributed by atoms with van der Waals surface area (Å²) < 4.78 is 19.0. The van der Waals surface area contributed by atoms with Crippen molar-refractivity contribution in [2.75, 3.05) is 5.75 Å². The van der Waals surface area contributed by atoms with Gasteiger partial charge in [0.25, 0.3) is 0 Å². The molecule has 0 saturated carbocycles. The third-order valence-electron chi connectivity index (χ3n) is 3.32. The molecule has 0 aliphatic carbocycles. The van der Waals surface area contributed by atoms with Crippen molar-refractivity contribution < 1.29 is 8.97 Å². The molecule has 2 rings (SSSR count). The van der Waals surface area contributed by atoms with Crippen LogP contribution in [0.2, 0.25) is 0 Å². The minimum Gasteiger partial charge on any atom is -0.611 e. The third-order valence-corrected chi connectivity index (χ3v) is 5.39. The zero-order valence-electron chi connectivity index (χ0n) is 12.3. The van der Waals surface area contributed by atoms with E-state index in [4.69, 9.17) is 4.42 Å². The van der Waals surface area contributed by atoms with Crippen molar-refractivity contribution in [1.29, 1.82) is 0 Å². The van der Waals surface area contributed by atoms with Gasteiger partial charge in [0.05, 0.1) is 10.9 Å². The summed E-state index contributed by atoms with van der Waals surface area (Å²) in [6.45, 7) is 4.07. The predicted molar refractivity (Wildman–Crippen MR) is 90.4 cm³/mol. The maximum atomic E-state index is 12.7. The van der Waals surface area contributed by atoms with E-state index in [-0.39, 0.29) is 5.63 Å². The monoisotopic (exact) mass is 370 g/mol. The van der Waals surface area contributed by atoms with Crippen LogP contribution in [0.5, 0.6) is 0 Å². The Bertz CT molecular complexity index is 681. The molecule has 1 unspecified atom stereocenters. The van der Waals surface area contributed by atoms with E-state index in [1.807, 2.05) is 19.1 Å². The zero-order chi connectivity index (χ0) is 15.4. The van der Waals surface area contributed by atoms with E-state index in [2.05, 4.69) is 22.9 Å². The number of benzene rings is 1. The van der Waals surface area contributed by atoms with Crippen LogP contribution in [0.1, 0.15) is 38.7 Å². The Hall–Kier alpha value is -0.780. The number of hydrogen-bond acceptors (Lipinski definition) is 3. The molecule has 114 valence electrons. The lowest BCUT2D eigenvalue weighted by molar-refractivity contribution is 0.538. The van der Waals surface area contributed by atoms with E-state index in [1.165, 1.54) is 0 Å². The van der Waals surface area contributed by atoms with Crippen molar-refractivity contribution in [3.8, 4) is 0 Å². The summed E-state index contributed by atoms with van der Waals surface area (Å²) in [6, 6.07) is 5.46. The minimum absolute atomic E-state index is 0.355. The van der Waals surface area contributed by atoms with Gasteiger partial charge in [0.1, 0.15) is 11.3 Å². The van der Waals surface area contributed by atoms with E-state index < -0.39 is 11.2 Å². The molecule has 0 spiro atoms. The van der Waals surface area contributed by atoms with Gasteiger partial charge in [-0.1, -0.05) is 42.6 Å². The van der Waals surface area contributed by atoms with Gasteiger partial charge in [-0.05, 0) is 42.2 Å². The highest BCUT2D eigenvalue weighted by atomic mass is 79.9. The lowest BCUT2D eigenvalue weighted by Gasteiger charge is -2.15. The summed E-state index contributed by atoms with van der Waals surface area (Å²) in [5.41, 5.74) is 0.715. The van der Waals surface area contributed by atoms with E-state index >= 15 is 0 Å². The first-order valence-corrected chi connectivity index (χ1v) is 9.33. The summed E-state index contributed by atoms with van der Waals surface area (Å²) in [4.78, 5) is 12.9. The molecule has 5 heteroatoms. The maximum Gasteiger partial charge on any atom is 0.344 e. The first kappa shape index (κ1) is 16.6. The minimum atomic E-state index is -1.17. The molecule has 1 atom stereocenters. The molecule has 0 amide bonds. The highest BCUT2D eigenvalue weighted by Crippen LogP contribution is 2.29. The van der Waals surface area contributed by atoms with Gasteiger partial charge in [-0.25, -0.2) is 4.79 Å². The second-order valence-electron chi connectivity index (χ2n) is 4.99. The molecular formula is C16H19BrO3S. The second-order valence-corrected chi connectivity index (χ2v) is 7.41. The van der Waals surface area contributed by atoms with Crippen molar-refractivity contribution in [3.05, 3.63) is 38.7 Å². The molecule has 1 aromatic heterocycles. The quantitative estimate of drug-likeness (QED) is 0.558. The van der Waals surface area contributed by atoms with E-state index in [9.17, 15) is 9.35 Å². The average Bonchev–Trinajstić information content (AvgIpc) is 2.46. The summed E-state index contributed by atoms with van der Waals surface area (Å²) in [6.07, 6.45) is 3.28. The Morgan fingerprint density at radius 2 is 2.05 bits per heavy atom. The van der Waals surface area contributed by atoms with Gasteiger partial charge in [0.2, 0.25) is 0 Å². The predicted octanol–water partition coefficient (Wildman–Crippen LogP) is 4.42. The number of fused-ring (bicyclic) bond motifs is 1. The van der Waals surface area contributed by atoms with Crippen molar-refractivity contribution >= 4 is 38.1 Å². The van der Waals surface area contributed by atoms with Gasteiger partial charge in [-0.15, -0.1) is 0 Å². The van der Waals surface area contributed by atoms with Gasteiger partial charge >= 0.3 is 5.63 Å². The molecule has 0 saturated heterocycles. The zero-order valence-corrected chi connectivity index (χ0v) is 14.7. The van der Waals surface area contributed by atoms with Crippen LogP contribution in [-0.2, 0) is 17.6 Å². The van der Waals surface area contributed by atoms with Crippen molar-refractivity contribution in [1.82, 2.24) is 0 Å². The maximum absolute atomic E-state index is 12.7. The van der Waals surface area contributed by atoms with Crippen molar-refractivity contribution in [2.24, 2.45) is 0 Å². The molecule has 0 fully saturated rings. The number of unbranched alkanes of at least 4 members (excludes halogenated alkanes) is 1. The fourth-order valence-corrected chi connectivity index (χ4v) is 4.27. The second kappa shape index (κ2) is 7.47. The van der Waals surface area contributed by atoms with Crippen LogP contribution >= 0.6 is 15.9 Å². The fourth-order valence-electron chi connectivity index (χ4n) is 2.29. The summed E-state index contributed by atoms with van der Waals surface area (Å²) in [5, 5.41) is 0.780. The molecule has 0 aliphatic rings. The summed E-state index contributed by atoms with van der Waals surface area (Å²) >= 11 is 2.26. The van der Waals surface area contributed by atoms with Gasteiger partial charge in [-0.3, -0.25) is 0 Å². The van der Waals surface area contributed by atoms with Crippen molar-refractivity contribution in [2.45, 2.75) is 44.4 Å². The molecule has 0 radical (unpaired) electrons. The lowest BCUT2D eigenvalue weighted by atomic mass is 10.1. The van der Waals surface area contributed by atoms with Crippen LogP contribution in [0.25, 0.3) is 11.0 Å². The number of rotatable bonds is 6. The Kier molecular flexibility index (Phi) is 5.90. The topological polar surface area (TPSA) is 53.3 Å². The van der Waals surface area contributed by atoms with E-state index in [0.29, 0.717) is 28.2 Å². The molecule has 0 bridgehead atoms. The lowest BCUT2D eigenvalue weighted by Crippen LogP contribution is -2.17. The van der Waals surface area contributed by atoms with Gasteiger partial charge in [0.15, 0.2) is 4.90 Å². The van der Waals surface area contributed by atoms with Crippen LogP contribution in [0, 0.1) is 0 Å². The molecule has 21 heavy (non-hydrogen) atoms. The summed E-state index contributed by atoms with van der Waals surface area (Å²) in [7, 11) is 0. The molecular weight excluding hydrogens is 352 g/mol. The highest BCUT2D eigenvalue weighted by molar-refractivity contribution is 9.10. The van der Waals surface area contributed by atoms with Crippen LogP contribution < -0.4 is 5.63 Å². The standard InChI is InChI=1S/C16H19BrO3S/c1-3-5-9-21(19)15-12(6-4-2)16(18)20-14-8-7-11(17)10-13(14)15/h7-8,10H,3-6,9H2,1-2H3. The van der Waals surface area contributed by atoms with E-state index in [0.717, 1.165) is 29.1 Å². The Labute approximate surface area is 136 Å². The van der Waals surface area contributed by atoms with Crippen molar-refractivity contribution in [3.63, 3.8) is 0 Å². The van der Waals surface area contributed by atoms with E-state index in [1.54, 1.807) is 6.07 Å². The molecule has 1 aromatic carbocycles. The first-order valence-electron chi connectivity index (χ1n) is 7.22. The normalized spacial score (nSPS) is 12.8. The van der Waals surface area contributed by atoms with Crippen LogP contribution in [0.3, 0.4) is 0 Å². The molecule has 0 aliphatic heterocycles. The summed E-state index contributed by atoms with van der Waals surface area (Å²) in [5.74, 6) is 0.582. The van der Waals surface area contributed by atoms with Crippen LogP contribution in [-0.4, -0.2) is 10.3 Å². The third kappa shape index (κ3) is 3.71.